The van der Waals surface area contributed by atoms with E-state index in [-0.39, 0.29) is 32.0 Å². The van der Waals surface area contributed by atoms with Crippen molar-refractivity contribution in [2.24, 2.45) is 0 Å². The minimum atomic E-state index is -0.677. The molecule has 0 radical (unpaired) electrons. The van der Waals surface area contributed by atoms with E-state index in [1.54, 1.807) is 44.0 Å². The highest BCUT2D eigenvalue weighted by molar-refractivity contribution is 7.99. The van der Waals surface area contributed by atoms with Crippen molar-refractivity contribution in [3.05, 3.63) is 89.5 Å². The molecule has 9 nitrogen and oxygen atoms in total. The van der Waals surface area contributed by atoms with Gasteiger partial charge in [-0.3, -0.25) is 4.79 Å². The summed E-state index contributed by atoms with van der Waals surface area (Å²) in [6, 6.07) is 22.3. The molecular formula is C30H34N2O7S. The molecule has 1 heterocycles. The minimum Gasteiger partial charge on any atom is -0.496 e. The number of methoxy groups -OCH3 is 1. The van der Waals surface area contributed by atoms with Crippen molar-refractivity contribution in [1.82, 2.24) is 5.32 Å². The number of amides is 2. The second-order valence-electron chi connectivity index (χ2n) is 9.05. The number of urea groups is 1. The number of carbonyl (C=O) groups is 2. The Labute approximate surface area is 238 Å². The first-order chi connectivity index (χ1) is 19.5. The number of esters is 1. The molecular weight excluding hydrogens is 532 g/mol. The molecule has 10 heteroatoms. The summed E-state index contributed by atoms with van der Waals surface area (Å²) in [7, 11) is 1.66. The normalized spacial score (nSPS) is 18.5. The molecule has 3 atom stereocenters. The van der Waals surface area contributed by atoms with Crippen molar-refractivity contribution >= 4 is 29.4 Å². The fourth-order valence-electron chi connectivity index (χ4n) is 4.25. The van der Waals surface area contributed by atoms with E-state index in [4.69, 9.17) is 18.9 Å². The lowest BCUT2D eigenvalue weighted by molar-refractivity contribution is -0.245. The van der Waals surface area contributed by atoms with E-state index in [0.717, 1.165) is 27.3 Å². The van der Waals surface area contributed by atoms with Crippen LogP contribution in [0, 0.1) is 0 Å². The van der Waals surface area contributed by atoms with E-state index in [1.165, 1.54) is 0 Å². The topological polar surface area (TPSA) is 115 Å². The molecule has 1 saturated heterocycles. The number of ether oxygens (including phenoxy) is 4. The second-order valence-corrected chi connectivity index (χ2v) is 10.1. The van der Waals surface area contributed by atoms with Crippen molar-refractivity contribution in [2.75, 3.05) is 31.3 Å². The Balaban J connectivity index is 1.49. The predicted molar refractivity (Wildman–Crippen MR) is 152 cm³/mol. The first-order valence-corrected chi connectivity index (χ1v) is 14.0. The lowest BCUT2D eigenvalue weighted by Gasteiger charge is -2.36. The molecule has 4 rings (SSSR count). The van der Waals surface area contributed by atoms with E-state index in [9.17, 15) is 14.7 Å². The van der Waals surface area contributed by atoms with Crippen LogP contribution in [0.25, 0.3) is 0 Å². The fourth-order valence-corrected chi connectivity index (χ4v) is 5.29. The largest absolute Gasteiger partial charge is 0.496 e. The fraction of sp³-hybridized carbons (Fsp3) is 0.333. The maximum absolute atomic E-state index is 12.3. The molecule has 0 spiro atoms. The summed E-state index contributed by atoms with van der Waals surface area (Å²) in [4.78, 5) is 24.9. The number of carbonyl (C=O) groups excluding carboxylic acids is 2. The Morgan fingerprint density at radius 2 is 1.82 bits per heavy atom. The third-order valence-corrected chi connectivity index (χ3v) is 7.41. The monoisotopic (exact) mass is 566 g/mol. The number of anilines is 1. The van der Waals surface area contributed by atoms with Crippen molar-refractivity contribution in [2.45, 2.75) is 43.3 Å². The van der Waals surface area contributed by atoms with Gasteiger partial charge in [-0.1, -0.05) is 48.5 Å². The maximum Gasteiger partial charge on any atom is 0.325 e. The number of benzene rings is 3. The molecule has 3 aromatic rings. The molecule has 2 amide bonds. The zero-order chi connectivity index (χ0) is 28.3. The van der Waals surface area contributed by atoms with E-state index >= 15 is 0 Å². The van der Waals surface area contributed by atoms with Crippen LogP contribution in [-0.2, 0) is 25.6 Å². The number of hydrogen-bond donors (Lipinski definition) is 3. The lowest BCUT2D eigenvalue weighted by atomic mass is 10.0. The molecule has 1 aliphatic heterocycles. The maximum atomic E-state index is 12.3. The van der Waals surface area contributed by atoms with Crippen LogP contribution in [0.1, 0.15) is 42.4 Å². The SMILES string of the molecule is CCOC(=O)CNC(=O)Nc1cccc(C2OC(CSc3ccccc3OC)CC(c3ccc(CO)cc3)O2)c1. The van der Waals surface area contributed by atoms with Gasteiger partial charge in [0.15, 0.2) is 6.29 Å². The summed E-state index contributed by atoms with van der Waals surface area (Å²) in [6.07, 6.45) is -0.408. The molecule has 0 saturated carbocycles. The van der Waals surface area contributed by atoms with Gasteiger partial charge in [-0.2, -0.15) is 0 Å². The number of aliphatic hydroxyl groups excluding tert-OH is 1. The van der Waals surface area contributed by atoms with Gasteiger partial charge in [0, 0.05) is 28.3 Å². The number of aliphatic hydroxyl groups is 1. The Kier molecular flexibility index (Phi) is 10.8. The summed E-state index contributed by atoms with van der Waals surface area (Å²) in [6.45, 7) is 1.70. The molecule has 3 N–H and O–H groups in total. The Hall–Kier alpha value is -3.57. The number of hydrogen-bond acceptors (Lipinski definition) is 8. The Morgan fingerprint density at radius 1 is 1.02 bits per heavy atom. The van der Waals surface area contributed by atoms with Gasteiger partial charge in [-0.05, 0) is 42.3 Å². The number of para-hydroxylation sites is 1. The van der Waals surface area contributed by atoms with Crippen molar-refractivity contribution in [1.29, 1.82) is 0 Å². The van der Waals surface area contributed by atoms with Crippen LogP contribution >= 0.6 is 11.8 Å². The zero-order valence-corrected chi connectivity index (χ0v) is 23.3. The highest BCUT2D eigenvalue weighted by Crippen LogP contribution is 2.40. The van der Waals surface area contributed by atoms with Crippen molar-refractivity contribution in [3.8, 4) is 5.75 Å². The summed E-state index contributed by atoms with van der Waals surface area (Å²) in [5.74, 6) is 0.984. The molecule has 40 heavy (non-hydrogen) atoms. The first kappa shape index (κ1) is 29.4. The molecule has 0 aliphatic carbocycles. The van der Waals surface area contributed by atoms with Gasteiger partial charge in [0.25, 0.3) is 0 Å². The van der Waals surface area contributed by atoms with Gasteiger partial charge in [0.2, 0.25) is 0 Å². The summed E-state index contributed by atoms with van der Waals surface area (Å²) in [5.41, 5.74) is 3.09. The number of thioether (sulfide) groups is 1. The molecule has 3 unspecified atom stereocenters. The molecule has 1 fully saturated rings. The van der Waals surface area contributed by atoms with Gasteiger partial charge in [0.1, 0.15) is 12.3 Å². The molecule has 3 aromatic carbocycles. The van der Waals surface area contributed by atoms with Gasteiger partial charge in [-0.15, -0.1) is 11.8 Å². The van der Waals surface area contributed by atoms with Crippen LogP contribution in [0.5, 0.6) is 5.75 Å². The first-order valence-electron chi connectivity index (χ1n) is 13.1. The summed E-state index contributed by atoms with van der Waals surface area (Å²) >= 11 is 1.66. The van der Waals surface area contributed by atoms with Gasteiger partial charge >= 0.3 is 12.0 Å². The molecule has 212 valence electrons. The Bertz CT molecular complexity index is 1270. The van der Waals surface area contributed by atoms with Crippen LogP contribution < -0.4 is 15.4 Å². The summed E-state index contributed by atoms with van der Waals surface area (Å²) in [5, 5.41) is 14.7. The highest BCUT2D eigenvalue weighted by Gasteiger charge is 2.32. The van der Waals surface area contributed by atoms with Crippen molar-refractivity contribution in [3.63, 3.8) is 0 Å². The smallest absolute Gasteiger partial charge is 0.325 e. The average molecular weight is 567 g/mol. The van der Waals surface area contributed by atoms with E-state index in [0.29, 0.717) is 17.9 Å². The molecule has 1 aliphatic rings. The predicted octanol–water partition coefficient (Wildman–Crippen LogP) is 5.21. The highest BCUT2D eigenvalue weighted by atomic mass is 32.2. The number of nitrogens with one attached hydrogen (secondary N) is 2. The summed E-state index contributed by atoms with van der Waals surface area (Å²) < 4.78 is 23.2. The van der Waals surface area contributed by atoms with Gasteiger partial charge in [-0.25, -0.2) is 4.79 Å². The standard InChI is InChI=1S/C30H34N2O7S/c1-3-37-28(34)17-31-30(35)32-23-8-6-7-22(15-23)29-38-24(19-40-27-10-5-4-9-25(27)36-2)16-26(39-29)21-13-11-20(18-33)12-14-21/h4-15,24,26,29,33H,3,16-19H2,1-2H3,(H2,31,32,35). The van der Waals surface area contributed by atoms with Crippen LogP contribution in [0.15, 0.2) is 77.7 Å². The lowest BCUT2D eigenvalue weighted by Crippen LogP contribution is -2.34. The molecule has 0 aromatic heterocycles. The van der Waals surface area contributed by atoms with Crippen molar-refractivity contribution < 1.29 is 33.6 Å². The van der Waals surface area contributed by atoms with E-state index < -0.39 is 18.3 Å². The Morgan fingerprint density at radius 3 is 2.58 bits per heavy atom. The third-order valence-electron chi connectivity index (χ3n) is 6.22. The van der Waals surface area contributed by atoms with E-state index in [1.807, 2.05) is 54.6 Å². The van der Waals surface area contributed by atoms with Crippen LogP contribution in [0.3, 0.4) is 0 Å². The average Bonchev–Trinajstić information content (AvgIpc) is 2.99. The van der Waals surface area contributed by atoms with Gasteiger partial charge in [0.05, 0.1) is 32.5 Å². The minimum absolute atomic E-state index is 0.0249. The zero-order valence-electron chi connectivity index (χ0n) is 22.5. The number of rotatable bonds is 11. The molecule has 0 bridgehead atoms. The second kappa shape index (κ2) is 14.7. The van der Waals surface area contributed by atoms with Crippen LogP contribution in [0.4, 0.5) is 10.5 Å². The third kappa shape index (κ3) is 8.22. The van der Waals surface area contributed by atoms with Crippen LogP contribution in [0.2, 0.25) is 0 Å². The quantitative estimate of drug-likeness (QED) is 0.214. The van der Waals surface area contributed by atoms with Gasteiger partial charge < -0.3 is 34.7 Å². The van der Waals surface area contributed by atoms with Crippen LogP contribution in [-0.4, -0.2) is 49.2 Å². The van der Waals surface area contributed by atoms with E-state index in [2.05, 4.69) is 10.6 Å².